The van der Waals surface area contributed by atoms with E-state index in [1.807, 2.05) is 0 Å². The molecule has 2 N–H and O–H groups in total. The van der Waals surface area contributed by atoms with Crippen molar-refractivity contribution in [2.24, 2.45) is 0 Å². The quantitative estimate of drug-likeness (QED) is 0.791. The molecule has 132 valence electrons. The van der Waals surface area contributed by atoms with Crippen LogP contribution in [0, 0.1) is 5.82 Å². The molecular weight excluding hydrogens is 353 g/mol. The summed E-state index contributed by atoms with van der Waals surface area (Å²) in [4.78, 5) is 24.1. The highest BCUT2D eigenvalue weighted by molar-refractivity contribution is 6.33. The van der Waals surface area contributed by atoms with Crippen LogP contribution >= 0.6 is 11.6 Å². The maximum atomic E-state index is 13.0. The molecule has 8 heteroatoms. The number of carbonyl (C=O) groups is 2. The molecule has 0 heterocycles. The van der Waals surface area contributed by atoms with E-state index in [0.717, 1.165) is 12.1 Å². The summed E-state index contributed by atoms with van der Waals surface area (Å²) < 4.78 is 22.9. The normalized spacial score (nSPS) is 11.5. The molecule has 0 aliphatic rings. The van der Waals surface area contributed by atoms with Crippen LogP contribution in [0.2, 0.25) is 5.02 Å². The van der Waals surface area contributed by atoms with Crippen LogP contribution < -0.4 is 10.1 Å². The van der Waals surface area contributed by atoms with Crippen LogP contribution in [0.25, 0.3) is 0 Å². The maximum absolute atomic E-state index is 13.0. The standard InChI is InChI=1S/C17H15ClFNO5/c1-9(16(22)20-14-6-3-10(19)7-13(14)18)25-17(23)12-5-4-11(24-2)8-15(12)21/h3-9,21H,1-2H3,(H,20,22)/t9-/m1/s1. The Morgan fingerprint density at radius 1 is 1.24 bits per heavy atom. The molecule has 0 unspecified atom stereocenters. The first kappa shape index (κ1) is 18.5. The zero-order chi connectivity index (χ0) is 18.6. The second kappa shape index (κ2) is 7.85. The molecule has 0 aliphatic heterocycles. The van der Waals surface area contributed by atoms with Crippen molar-refractivity contribution >= 4 is 29.2 Å². The average Bonchev–Trinajstić information content (AvgIpc) is 2.56. The minimum Gasteiger partial charge on any atom is -0.507 e. The summed E-state index contributed by atoms with van der Waals surface area (Å²) in [5.74, 6) is -2.05. The van der Waals surface area contributed by atoms with Gasteiger partial charge in [-0.2, -0.15) is 0 Å². The Hall–Kier alpha value is -2.80. The van der Waals surface area contributed by atoms with E-state index in [1.165, 1.54) is 38.3 Å². The lowest BCUT2D eigenvalue weighted by molar-refractivity contribution is -0.123. The number of benzene rings is 2. The topological polar surface area (TPSA) is 84.9 Å². The van der Waals surface area contributed by atoms with Gasteiger partial charge < -0.3 is 19.9 Å². The molecule has 0 saturated carbocycles. The Kier molecular flexibility index (Phi) is 5.82. The SMILES string of the molecule is COc1ccc(C(=O)O[C@H](C)C(=O)Nc2ccc(F)cc2Cl)c(O)c1. The van der Waals surface area contributed by atoms with Gasteiger partial charge in [0.25, 0.3) is 5.91 Å². The van der Waals surface area contributed by atoms with Crippen molar-refractivity contribution in [1.29, 1.82) is 0 Å². The fourth-order valence-corrected chi connectivity index (χ4v) is 2.13. The highest BCUT2D eigenvalue weighted by atomic mass is 35.5. The molecule has 0 aromatic heterocycles. The zero-order valence-electron chi connectivity index (χ0n) is 13.4. The van der Waals surface area contributed by atoms with Gasteiger partial charge in [-0.1, -0.05) is 11.6 Å². The first-order valence-corrected chi connectivity index (χ1v) is 7.53. The van der Waals surface area contributed by atoms with Crippen molar-refractivity contribution in [2.75, 3.05) is 12.4 Å². The number of aromatic hydroxyl groups is 1. The van der Waals surface area contributed by atoms with Gasteiger partial charge in [-0.05, 0) is 37.3 Å². The summed E-state index contributed by atoms with van der Waals surface area (Å²) in [5.41, 5.74) is 0.0727. The lowest BCUT2D eigenvalue weighted by atomic mass is 10.2. The Morgan fingerprint density at radius 3 is 2.56 bits per heavy atom. The van der Waals surface area contributed by atoms with Gasteiger partial charge in [-0.15, -0.1) is 0 Å². The van der Waals surface area contributed by atoms with Crippen LogP contribution in [-0.4, -0.2) is 30.2 Å². The van der Waals surface area contributed by atoms with Gasteiger partial charge in [0, 0.05) is 6.07 Å². The second-order valence-electron chi connectivity index (χ2n) is 5.04. The van der Waals surface area contributed by atoms with Gasteiger partial charge >= 0.3 is 5.97 Å². The van der Waals surface area contributed by atoms with E-state index >= 15 is 0 Å². The van der Waals surface area contributed by atoms with Gasteiger partial charge in [0.2, 0.25) is 0 Å². The summed E-state index contributed by atoms with van der Waals surface area (Å²) >= 11 is 5.82. The third-order valence-electron chi connectivity index (χ3n) is 3.27. The number of halogens is 2. The number of ether oxygens (including phenoxy) is 2. The number of hydrogen-bond donors (Lipinski definition) is 2. The molecule has 6 nitrogen and oxygen atoms in total. The average molecular weight is 368 g/mol. The van der Waals surface area contributed by atoms with Crippen LogP contribution in [0.4, 0.5) is 10.1 Å². The Bertz CT molecular complexity index is 812. The third kappa shape index (κ3) is 4.60. The first-order valence-electron chi connectivity index (χ1n) is 7.15. The molecule has 2 aromatic carbocycles. The molecule has 2 rings (SSSR count). The van der Waals surface area contributed by atoms with E-state index in [4.69, 9.17) is 21.1 Å². The number of esters is 1. The van der Waals surface area contributed by atoms with Crippen LogP contribution in [0.3, 0.4) is 0 Å². The van der Waals surface area contributed by atoms with Gasteiger partial charge in [0.15, 0.2) is 6.10 Å². The Balaban J connectivity index is 2.04. The van der Waals surface area contributed by atoms with Crippen molar-refractivity contribution in [1.82, 2.24) is 0 Å². The van der Waals surface area contributed by atoms with Crippen LogP contribution in [0.15, 0.2) is 36.4 Å². The summed E-state index contributed by atoms with van der Waals surface area (Å²) in [6.07, 6.45) is -1.17. The van der Waals surface area contributed by atoms with Crippen molar-refractivity contribution < 1.29 is 28.6 Å². The monoisotopic (exact) mass is 367 g/mol. The molecule has 0 fully saturated rings. The number of rotatable bonds is 5. The lowest BCUT2D eigenvalue weighted by Crippen LogP contribution is -2.30. The van der Waals surface area contributed by atoms with Crippen LogP contribution in [0.5, 0.6) is 11.5 Å². The molecule has 1 amide bonds. The number of carbonyl (C=O) groups excluding carboxylic acids is 2. The van der Waals surface area contributed by atoms with Crippen molar-refractivity contribution in [2.45, 2.75) is 13.0 Å². The number of phenols is 1. The summed E-state index contributed by atoms with van der Waals surface area (Å²) in [6, 6.07) is 7.51. The fourth-order valence-electron chi connectivity index (χ4n) is 1.91. The van der Waals surface area contributed by atoms with Gasteiger partial charge in [0.05, 0.1) is 17.8 Å². The smallest absolute Gasteiger partial charge is 0.342 e. The highest BCUT2D eigenvalue weighted by Crippen LogP contribution is 2.25. The van der Waals surface area contributed by atoms with E-state index in [-0.39, 0.29) is 22.0 Å². The van der Waals surface area contributed by atoms with Crippen LogP contribution in [0.1, 0.15) is 17.3 Å². The van der Waals surface area contributed by atoms with E-state index in [9.17, 15) is 19.1 Å². The second-order valence-corrected chi connectivity index (χ2v) is 5.45. The number of amides is 1. The molecule has 0 bridgehead atoms. The Labute approximate surface area is 148 Å². The van der Waals surface area contributed by atoms with E-state index in [1.54, 1.807) is 0 Å². The molecule has 2 aromatic rings. The molecule has 1 atom stereocenters. The van der Waals surface area contributed by atoms with Crippen LogP contribution in [-0.2, 0) is 9.53 Å². The van der Waals surface area contributed by atoms with E-state index < -0.39 is 23.8 Å². The fraction of sp³-hybridized carbons (Fsp3) is 0.176. The van der Waals surface area contributed by atoms with Crippen molar-refractivity contribution in [3.63, 3.8) is 0 Å². The highest BCUT2D eigenvalue weighted by Gasteiger charge is 2.22. The third-order valence-corrected chi connectivity index (χ3v) is 3.58. The molecule has 25 heavy (non-hydrogen) atoms. The Morgan fingerprint density at radius 2 is 1.96 bits per heavy atom. The number of hydrogen-bond acceptors (Lipinski definition) is 5. The summed E-state index contributed by atoms with van der Waals surface area (Å²) in [6.45, 7) is 1.35. The molecule has 0 spiro atoms. The van der Waals surface area contributed by atoms with Gasteiger partial charge in [0.1, 0.15) is 22.9 Å². The molecule has 0 radical (unpaired) electrons. The van der Waals surface area contributed by atoms with Gasteiger partial charge in [-0.25, -0.2) is 9.18 Å². The number of nitrogens with one attached hydrogen (secondary N) is 1. The maximum Gasteiger partial charge on any atom is 0.342 e. The molecular formula is C17H15ClFNO5. The predicted octanol–water partition coefficient (Wildman–Crippen LogP) is 3.38. The van der Waals surface area contributed by atoms with Crippen molar-refractivity contribution in [3.05, 3.63) is 52.8 Å². The van der Waals surface area contributed by atoms with Crippen molar-refractivity contribution in [3.8, 4) is 11.5 Å². The predicted molar refractivity (Wildman–Crippen MR) is 89.6 cm³/mol. The number of phenolic OH excluding ortho intramolecular Hbond substituents is 1. The zero-order valence-corrected chi connectivity index (χ0v) is 14.1. The largest absolute Gasteiger partial charge is 0.507 e. The van der Waals surface area contributed by atoms with E-state index in [0.29, 0.717) is 5.75 Å². The minimum absolute atomic E-state index is 0.0136. The van der Waals surface area contributed by atoms with Gasteiger partial charge in [-0.3, -0.25) is 4.79 Å². The lowest BCUT2D eigenvalue weighted by Gasteiger charge is -2.15. The first-order chi connectivity index (χ1) is 11.8. The number of anilines is 1. The van der Waals surface area contributed by atoms with E-state index in [2.05, 4.69) is 5.32 Å². The summed E-state index contributed by atoms with van der Waals surface area (Å²) in [5, 5.41) is 12.3. The molecule has 0 aliphatic carbocycles. The summed E-state index contributed by atoms with van der Waals surface area (Å²) in [7, 11) is 1.42. The molecule has 0 saturated heterocycles. The number of methoxy groups -OCH3 is 1. The minimum atomic E-state index is -1.17.